The number of nitrogens with zero attached hydrogens (tertiary/aromatic N) is 4. The summed E-state index contributed by atoms with van der Waals surface area (Å²) >= 11 is 1.52. The minimum atomic E-state index is 0.241. The number of piperidine rings is 1. The van der Waals surface area contributed by atoms with E-state index in [2.05, 4.69) is 14.8 Å². The summed E-state index contributed by atoms with van der Waals surface area (Å²) in [5.74, 6) is 0.732. The zero-order valence-electron chi connectivity index (χ0n) is 10.4. The van der Waals surface area contributed by atoms with Gasteiger partial charge in [-0.3, -0.25) is 4.79 Å². The van der Waals surface area contributed by atoms with Crippen LogP contribution in [0.2, 0.25) is 0 Å². The molecular weight excluding hydrogens is 248 g/mol. The second kappa shape index (κ2) is 5.30. The van der Waals surface area contributed by atoms with E-state index in [1.54, 1.807) is 6.33 Å². The van der Waals surface area contributed by atoms with Crippen molar-refractivity contribution in [3.63, 3.8) is 0 Å². The minimum Gasteiger partial charge on any atom is -0.342 e. The van der Waals surface area contributed by atoms with Crippen molar-refractivity contribution in [2.24, 2.45) is 0 Å². The lowest BCUT2D eigenvalue weighted by atomic mass is 10.1. The molecule has 0 aromatic carbocycles. The Balaban J connectivity index is 1.53. The molecule has 2 fully saturated rings. The molecule has 0 atom stereocenters. The summed E-state index contributed by atoms with van der Waals surface area (Å²) in [6.07, 6.45) is 7.76. The van der Waals surface area contributed by atoms with Gasteiger partial charge in [0.2, 0.25) is 5.91 Å². The molecule has 5 nitrogen and oxygen atoms in total. The highest BCUT2D eigenvalue weighted by Gasteiger charge is 2.26. The number of likely N-dealkylation sites (tertiary alicyclic amines) is 1. The molecule has 1 aromatic heterocycles. The van der Waals surface area contributed by atoms with Crippen molar-refractivity contribution in [3.05, 3.63) is 6.33 Å². The summed E-state index contributed by atoms with van der Waals surface area (Å²) in [7, 11) is 0. The summed E-state index contributed by atoms with van der Waals surface area (Å²) < 4.78 is 2.11. The SMILES string of the molecule is O=C(CSc1nncn1C1CC1)N1CCCCC1. The smallest absolute Gasteiger partial charge is 0.233 e. The van der Waals surface area contributed by atoms with Crippen LogP contribution in [0.3, 0.4) is 0 Å². The molecule has 1 saturated carbocycles. The van der Waals surface area contributed by atoms with Crippen molar-refractivity contribution in [3.8, 4) is 0 Å². The van der Waals surface area contributed by atoms with Gasteiger partial charge in [0.1, 0.15) is 6.33 Å². The Labute approximate surface area is 111 Å². The predicted molar refractivity (Wildman–Crippen MR) is 69.4 cm³/mol. The average Bonchev–Trinajstić information content (AvgIpc) is 3.16. The molecule has 0 radical (unpaired) electrons. The van der Waals surface area contributed by atoms with Gasteiger partial charge in [0.25, 0.3) is 0 Å². The average molecular weight is 266 g/mol. The molecule has 3 rings (SSSR count). The van der Waals surface area contributed by atoms with E-state index in [1.807, 2.05) is 4.90 Å². The van der Waals surface area contributed by atoms with Crippen LogP contribution in [-0.4, -0.2) is 44.4 Å². The lowest BCUT2D eigenvalue weighted by Crippen LogP contribution is -2.36. The van der Waals surface area contributed by atoms with E-state index >= 15 is 0 Å². The van der Waals surface area contributed by atoms with Crippen LogP contribution in [0.1, 0.15) is 38.1 Å². The number of rotatable bonds is 4. The first-order chi connectivity index (χ1) is 8.84. The van der Waals surface area contributed by atoms with Crippen molar-refractivity contribution in [1.82, 2.24) is 19.7 Å². The fourth-order valence-electron chi connectivity index (χ4n) is 2.30. The third-order valence-corrected chi connectivity index (χ3v) is 4.46. The summed E-state index contributed by atoms with van der Waals surface area (Å²) in [6.45, 7) is 1.85. The van der Waals surface area contributed by atoms with E-state index in [0.717, 1.165) is 31.1 Å². The van der Waals surface area contributed by atoms with Gasteiger partial charge in [-0.1, -0.05) is 11.8 Å². The van der Waals surface area contributed by atoms with Gasteiger partial charge in [-0.25, -0.2) is 0 Å². The Morgan fingerprint density at radius 2 is 2.11 bits per heavy atom. The van der Waals surface area contributed by atoms with Gasteiger partial charge >= 0.3 is 0 Å². The number of hydrogen-bond acceptors (Lipinski definition) is 4. The molecule has 0 unspecified atom stereocenters. The first-order valence-corrected chi connectivity index (χ1v) is 7.63. The van der Waals surface area contributed by atoms with Crippen molar-refractivity contribution >= 4 is 17.7 Å². The van der Waals surface area contributed by atoms with E-state index in [-0.39, 0.29) is 5.91 Å². The molecule has 1 aromatic rings. The summed E-state index contributed by atoms with van der Waals surface area (Å²) in [4.78, 5) is 14.0. The molecule has 1 amide bonds. The molecule has 98 valence electrons. The van der Waals surface area contributed by atoms with E-state index in [1.165, 1.54) is 31.0 Å². The maximum absolute atomic E-state index is 12.0. The van der Waals surface area contributed by atoms with Crippen molar-refractivity contribution in [1.29, 1.82) is 0 Å². The van der Waals surface area contributed by atoms with Crippen LogP contribution in [0, 0.1) is 0 Å². The fraction of sp³-hybridized carbons (Fsp3) is 0.750. The maximum atomic E-state index is 12.0. The Bertz CT molecular complexity index is 423. The molecule has 0 N–H and O–H groups in total. The van der Waals surface area contributed by atoms with Crippen LogP contribution in [0.15, 0.2) is 11.5 Å². The van der Waals surface area contributed by atoms with Gasteiger partial charge < -0.3 is 9.47 Å². The molecule has 18 heavy (non-hydrogen) atoms. The Morgan fingerprint density at radius 1 is 1.33 bits per heavy atom. The maximum Gasteiger partial charge on any atom is 0.233 e. The monoisotopic (exact) mass is 266 g/mol. The normalized spacial score (nSPS) is 20.1. The van der Waals surface area contributed by atoms with E-state index in [9.17, 15) is 4.79 Å². The van der Waals surface area contributed by atoms with Gasteiger partial charge in [0.05, 0.1) is 5.75 Å². The molecule has 1 aliphatic heterocycles. The molecular formula is C12H18N4OS. The largest absolute Gasteiger partial charge is 0.342 e. The zero-order valence-corrected chi connectivity index (χ0v) is 11.2. The van der Waals surface area contributed by atoms with Crippen LogP contribution in [-0.2, 0) is 4.79 Å². The molecule has 1 saturated heterocycles. The number of hydrogen-bond donors (Lipinski definition) is 0. The van der Waals surface area contributed by atoms with Gasteiger partial charge in [-0.05, 0) is 32.1 Å². The van der Waals surface area contributed by atoms with Crippen molar-refractivity contribution in [2.75, 3.05) is 18.8 Å². The fourth-order valence-corrected chi connectivity index (χ4v) is 3.18. The molecule has 2 aliphatic rings. The highest BCUT2D eigenvalue weighted by molar-refractivity contribution is 7.99. The van der Waals surface area contributed by atoms with E-state index in [4.69, 9.17) is 0 Å². The topological polar surface area (TPSA) is 51.0 Å². The third-order valence-electron chi connectivity index (χ3n) is 3.51. The van der Waals surface area contributed by atoms with Crippen LogP contribution in [0.4, 0.5) is 0 Å². The first kappa shape index (κ1) is 12.0. The summed E-state index contributed by atoms with van der Waals surface area (Å²) in [6, 6.07) is 0.576. The molecule has 0 spiro atoms. The molecule has 0 bridgehead atoms. The highest BCUT2D eigenvalue weighted by Crippen LogP contribution is 2.37. The van der Waals surface area contributed by atoms with Crippen molar-refractivity contribution in [2.45, 2.75) is 43.3 Å². The lowest BCUT2D eigenvalue weighted by Gasteiger charge is -2.26. The number of carbonyl (C=O) groups excluding carboxylic acids is 1. The minimum absolute atomic E-state index is 0.241. The zero-order chi connectivity index (χ0) is 12.4. The number of amides is 1. The van der Waals surface area contributed by atoms with Gasteiger partial charge in [-0.2, -0.15) is 0 Å². The van der Waals surface area contributed by atoms with Gasteiger partial charge in [0.15, 0.2) is 5.16 Å². The first-order valence-electron chi connectivity index (χ1n) is 6.64. The standard InChI is InChI=1S/C12H18N4OS/c17-11(15-6-2-1-3-7-15)8-18-12-14-13-9-16(12)10-4-5-10/h9-10H,1-8H2. The van der Waals surface area contributed by atoms with Crippen LogP contribution in [0.5, 0.6) is 0 Å². The Hall–Kier alpha value is -1.04. The van der Waals surface area contributed by atoms with E-state index in [0.29, 0.717) is 11.8 Å². The second-order valence-corrected chi connectivity index (χ2v) is 5.92. The van der Waals surface area contributed by atoms with Gasteiger partial charge in [-0.15, -0.1) is 10.2 Å². The number of aromatic nitrogens is 3. The Morgan fingerprint density at radius 3 is 2.83 bits per heavy atom. The third kappa shape index (κ3) is 2.68. The summed E-state index contributed by atoms with van der Waals surface area (Å²) in [5.41, 5.74) is 0. The quantitative estimate of drug-likeness (QED) is 0.779. The molecule has 2 heterocycles. The Kier molecular flexibility index (Phi) is 3.54. The highest BCUT2D eigenvalue weighted by atomic mass is 32.2. The second-order valence-electron chi connectivity index (χ2n) is 4.98. The van der Waals surface area contributed by atoms with Gasteiger partial charge in [0, 0.05) is 19.1 Å². The van der Waals surface area contributed by atoms with Crippen LogP contribution in [0.25, 0.3) is 0 Å². The summed E-state index contributed by atoms with van der Waals surface area (Å²) in [5, 5.41) is 8.93. The van der Waals surface area contributed by atoms with Crippen LogP contribution >= 0.6 is 11.8 Å². The number of thioether (sulfide) groups is 1. The van der Waals surface area contributed by atoms with Crippen LogP contribution < -0.4 is 0 Å². The molecule has 1 aliphatic carbocycles. The van der Waals surface area contributed by atoms with Crippen molar-refractivity contribution < 1.29 is 4.79 Å². The predicted octanol–water partition coefficient (Wildman–Crippen LogP) is 1.72. The lowest BCUT2D eigenvalue weighted by molar-refractivity contribution is -0.129. The molecule has 6 heteroatoms. The number of carbonyl (C=O) groups is 1. The van der Waals surface area contributed by atoms with E-state index < -0.39 is 0 Å².